The van der Waals surface area contributed by atoms with Gasteiger partial charge in [0.1, 0.15) is 5.75 Å². The van der Waals surface area contributed by atoms with Gasteiger partial charge in [-0.2, -0.15) is 0 Å². The molecule has 0 heterocycles. The molecule has 0 aliphatic rings. The minimum absolute atomic E-state index is 0.688. The first kappa shape index (κ1) is 11.5. The maximum absolute atomic E-state index is 5.75. The van der Waals surface area contributed by atoms with Crippen molar-refractivity contribution in [3.05, 3.63) is 59.7 Å². The quantitative estimate of drug-likeness (QED) is 0.814. The van der Waals surface area contributed by atoms with Gasteiger partial charge in [0.05, 0.1) is 6.61 Å². The van der Waals surface area contributed by atoms with Crippen molar-refractivity contribution >= 4 is 5.69 Å². The Kier molecular flexibility index (Phi) is 3.66. The fraction of sp³-hybridized carbons (Fsp3) is 0.200. The summed E-state index contributed by atoms with van der Waals surface area (Å²) in [6.07, 6.45) is 0.921. The third-order valence-corrected chi connectivity index (χ3v) is 2.74. The second kappa shape index (κ2) is 5.39. The molecule has 0 amide bonds. The van der Waals surface area contributed by atoms with Gasteiger partial charge >= 0.3 is 0 Å². The van der Waals surface area contributed by atoms with Gasteiger partial charge in [-0.1, -0.05) is 30.3 Å². The van der Waals surface area contributed by atoms with E-state index >= 15 is 0 Å². The first-order chi connectivity index (χ1) is 8.25. The van der Waals surface area contributed by atoms with Crippen molar-refractivity contribution in [1.82, 2.24) is 0 Å². The minimum atomic E-state index is 0.688. The number of benzene rings is 2. The SMILES string of the molecule is Cc1cc(OCCc2ccccc2)ccc1N. The largest absolute Gasteiger partial charge is 0.493 e. The number of nitrogens with two attached hydrogens (primary N) is 1. The van der Waals surface area contributed by atoms with Crippen LogP contribution < -0.4 is 10.5 Å². The zero-order valence-electron chi connectivity index (χ0n) is 10.0. The van der Waals surface area contributed by atoms with Gasteiger partial charge in [-0.3, -0.25) is 0 Å². The van der Waals surface area contributed by atoms with Crippen LogP contribution in [-0.2, 0) is 6.42 Å². The molecule has 0 radical (unpaired) electrons. The average Bonchev–Trinajstić information content (AvgIpc) is 2.35. The van der Waals surface area contributed by atoms with Crippen molar-refractivity contribution in [2.75, 3.05) is 12.3 Å². The highest BCUT2D eigenvalue weighted by Gasteiger charge is 1.98. The summed E-state index contributed by atoms with van der Waals surface area (Å²) in [5, 5.41) is 0. The predicted molar refractivity (Wildman–Crippen MR) is 71.2 cm³/mol. The van der Waals surface area contributed by atoms with E-state index in [1.807, 2.05) is 43.3 Å². The number of ether oxygens (including phenoxy) is 1. The maximum Gasteiger partial charge on any atom is 0.119 e. The molecule has 0 aromatic heterocycles. The van der Waals surface area contributed by atoms with Crippen molar-refractivity contribution in [2.24, 2.45) is 0 Å². The average molecular weight is 227 g/mol. The molecule has 0 spiro atoms. The molecule has 0 aliphatic carbocycles. The van der Waals surface area contributed by atoms with Crippen LogP contribution in [-0.4, -0.2) is 6.61 Å². The van der Waals surface area contributed by atoms with E-state index in [1.54, 1.807) is 0 Å². The monoisotopic (exact) mass is 227 g/mol. The lowest BCUT2D eigenvalue weighted by Gasteiger charge is -2.08. The first-order valence-corrected chi connectivity index (χ1v) is 5.78. The van der Waals surface area contributed by atoms with Crippen LogP contribution in [0.5, 0.6) is 5.75 Å². The second-order valence-corrected chi connectivity index (χ2v) is 4.10. The van der Waals surface area contributed by atoms with Gasteiger partial charge in [0, 0.05) is 12.1 Å². The molecule has 2 aromatic carbocycles. The molecule has 17 heavy (non-hydrogen) atoms. The summed E-state index contributed by atoms with van der Waals surface area (Å²) < 4.78 is 5.69. The van der Waals surface area contributed by atoms with Crippen LogP contribution in [0.4, 0.5) is 5.69 Å². The van der Waals surface area contributed by atoms with Gasteiger partial charge < -0.3 is 10.5 Å². The van der Waals surface area contributed by atoms with Gasteiger partial charge in [0.2, 0.25) is 0 Å². The van der Waals surface area contributed by atoms with Crippen molar-refractivity contribution in [1.29, 1.82) is 0 Å². The van der Waals surface area contributed by atoms with E-state index in [4.69, 9.17) is 10.5 Å². The zero-order chi connectivity index (χ0) is 12.1. The van der Waals surface area contributed by atoms with E-state index in [1.165, 1.54) is 5.56 Å². The van der Waals surface area contributed by atoms with Crippen LogP contribution in [0, 0.1) is 6.92 Å². The van der Waals surface area contributed by atoms with E-state index in [2.05, 4.69) is 12.1 Å². The Morgan fingerprint density at radius 3 is 2.53 bits per heavy atom. The summed E-state index contributed by atoms with van der Waals surface area (Å²) in [5.41, 5.74) is 8.91. The third kappa shape index (κ3) is 3.25. The Hall–Kier alpha value is -1.96. The highest BCUT2D eigenvalue weighted by atomic mass is 16.5. The Morgan fingerprint density at radius 1 is 1.06 bits per heavy atom. The van der Waals surface area contributed by atoms with Crippen molar-refractivity contribution in [3.8, 4) is 5.75 Å². The fourth-order valence-corrected chi connectivity index (χ4v) is 1.67. The molecule has 2 aromatic rings. The maximum atomic E-state index is 5.75. The Balaban J connectivity index is 1.88. The minimum Gasteiger partial charge on any atom is -0.493 e. The lowest BCUT2D eigenvalue weighted by Crippen LogP contribution is -2.01. The summed E-state index contributed by atoms with van der Waals surface area (Å²) in [6.45, 7) is 2.67. The molecule has 2 heteroatoms. The van der Waals surface area contributed by atoms with Crippen LogP contribution in [0.15, 0.2) is 48.5 Å². The Labute approximate surface area is 102 Å². The zero-order valence-corrected chi connectivity index (χ0v) is 10.0. The van der Waals surface area contributed by atoms with E-state index < -0.39 is 0 Å². The van der Waals surface area contributed by atoms with E-state index in [0.29, 0.717) is 6.61 Å². The van der Waals surface area contributed by atoms with E-state index in [9.17, 15) is 0 Å². The van der Waals surface area contributed by atoms with Crippen LogP contribution in [0.1, 0.15) is 11.1 Å². The van der Waals surface area contributed by atoms with Crippen molar-refractivity contribution in [2.45, 2.75) is 13.3 Å². The number of hydrogen-bond acceptors (Lipinski definition) is 2. The normalized spacial score (nSPS) is 10.2. The number of anilines is 1. The molecular weight excluding hydrogens is 210 g/mol. The Morgan fingerprint density at radius 2 is 1.82 bits per heavy atom. The van der Waals surface area contributed by atoms with Gasteiger partial charge in [-0.05, 0) is 36.2 Å². The standard InChI is InChI=1S/C15H17NO/c1-12-11-14(7-8-15(12)16)17-10-9-13-5-3-2-4-6-13/h2-8,11H,9-10,16H2,1H3. The molecule has 0 saturated carbocycles. The molecule has 0 saturated heterocycles. The van der Waals surface area contributed by atoms with Gasteiger partial charge in [0.25, 0.3) is 0 Å². The van der Waals surface area contributed by atoms with Crippen LogP contribution in [0.2, 0.25) is 0 Å². The molecule has 2 nitrogen and oxygen atoms in total. The first-order valence-electron chi connectivity index (χ1n) is 5.78. The summed E-state index contributed by atoms with van der Waals surface area (Å²) in [4.78, 5) is 0. The fourth-order valence-electron chi connectivity index (χ4n) is 1.67. The van der Waals surface area contributed by atoms with Crippen molar-refractivity contribution < 1.29 is 4.74 Å². The molecule has 2 N–H and O–H groups in total. The van der Waals surface area contributed by atoms with E-state index in [0.717, 1.165) is 23.4 Å². The topological polar surface area (TPSA) is 35.2 Å². The highest BCUT2D eigenvalue weighted by Crippen LogP contribution is 2.18. The molecule has 88 valence electrons. The number of aryl methyl sites for hydroxylation is 1. The molecule has 2 rings (SSSR count). The predicted octanol–water partition coefficient (Wildman–Crippen LogP) is 3.20. The lowest BCUT2D eigenvalue weighted by atomic mass is 10.2. The van der Waals surface area contributed by atoms with Gasteiger partial charge in [-0.25, -0.2) is 0 Å². The smallest absolute Gasteiger partial charge is 0.119 e. The Bertz CT molecular complexity index is 480. The van der Waals surface area contributed by atoms with Crippen LogP contribution in [0.3, 0.4) is 0 Å². The van der Waals surface area contributed by atoms with E-state index in [-0.39, 0.29) is 0 Å². The highest BCUT2D eigenvalue weighted by molar-refractivity contribution is 5.49. The van der Waals surface area contributed by atoms with Crippen LogP contribution in [0.25, 0.3) is 0 Å². The number of rotatable bonds is 4. The molecule has 0 unspecified atom stereocenters. The van der Waals surface area contributed by atoms with Gasteiger partial charge in [0.15, 0.2) is 0 Å². The molecule has 0 bridgehead atoms. The summed E-state index contributed by atoms with van der Waals surface area (Å²) in [7, 11) is 0. The summed E-state index contributed by atoms with van der Waals surface area (Å²) >= 11 is 0. The van der Waals surface area contributed by atoms with Gasteiger partial charge in [-0.15, -0.1) is 0 Å². The summed E-state index contributed by atoms with van der Waals surface area (Å²) in [5.74, 6) is 0.882. The third-order valence-electron chi connectivity index (χ3n) is 2.74. The molecule has 0 atom stereocenters. The number of hydrogen-bond donors (Lipinski definition) is 1. The molecule has 0 fully saturated rings. The molecule has 0 aliphatic heterocycles. The summed E-state index contributed by atoms with van der Waals surface area (Å²) in [6, 6.07) is 16.1. The second-order valence-electron chi connectivity index (χ2n) is 4.10. The van der Waals surface area contributed by atoms with Crippen LogP contribution >= 0.6 is 0 Å². The van der Waals surface area contributed by atoms with Crippen molar-refractivity contribution in [3.63, 3.8) is 0 Å². The molecular formula is C15H17NO. The number of nitrogen functional groups attached to an aromatic ring is 1. The lowest BCUT2D eigenvalue weighted by molar-refractivity contribution is 0.322.